The maximum atomic E-state index is 14.4. The van der Waals surface area contributed by atoms with Crippen LogP contribution in [-0.2, 0) is 59.3 Å². The van der Waals surface area contributed by atoms with E-state index < -0.39 is 140 Å². The first-order chi connectivity index (χ1) is 33.7. The van der Waals surface area contributed by atoms with Crippen molar-refractivity contribution in [2.24, 2.45) is 11.7 Å². The molecule has 71 heavy (non-hydrogen) atoms. The fourth-order valence-electron chi connectivity index (χ4n) is 9.00. The third-order valence-electron chi connectivity index (χ3n) is 13.6. The standard InChI is InChI=1S/C47H70N12O12/c1-29(2)39-42(66)49-22-31(48)43(67)58-20-12-10-16-33(58)40(64)50-25-36(61)55(4)27-38(63)57(6)47(18-19-47)45(69)52-23-32(53-46(70)71-28-30-14-8-7-9-15-30)44(68)59-21-13-11-17-34(59)41(65)51-24-35(60)54(3)26-37(62)56(39)5/h7-9,14-15,29,31-34,39H,10-13,16-28,48H2,1-6H3,(H,49,66)(H,50,64)(H,51,65)(H,52,69)(H,53,70)/t31-,32-,33+,34+,39+/m1/s1. The zero-order valence-corrected chi connectivity index (χ0v) is 41.5. The maximum absolute atomic E-state index is 14.4. The van der Waals surface area contributed by atoms with Gasteiger partial charge in [-0.3, -0.25) is 47.9 Å². The van der Waals surface area contributed by atoms with Gasteiger partial charge >= 0.3 is 6.09 Å². The number of piperidine rings is 2. The van der Waals surface area contributed by atoms with E-state index in [0.717, 1.165) is 9.80 Å². The van der Waals surface area contributed by atoms with Crippen LogP contribution in [0.1, 0.15) is 70.8 Å². The molecule has 1 aliphatic carbocycles. The topological polar surface area (TPSA) is 303 Å². The quantitative estimate of drug-likeness (QED) is 0.179. The molecule has 0 aromatic heterocycles. The van der Waals surface area contributed by atoms with Crippen molar-refractivity contribution < 1.29 is 57.5 Å². The van der Waals surface area contributed by atoms with Gasteiger partial charge in [-0.05, 0) is 62.8 Å². The van der Waals surface area contributed by atoms with Crippen molar-refractivity contribution in [3.8, 4) is 0 Å². The Labute approximate surface area is 413 Å². The highest BCUT2D eigenvalue weighted by atomic mass is 16.5. The number of nitrogens with zero attached hydrogens (tertiary/aromatic N) is 6. The largest absolute Gasteiger partial charge is 0.445 e. The highest BCUT2D eigenvalue weighted by Gasteiger charge is 2.55. The van der Waals surface area contributed by atoms with Crippen LogP contribution in [0, 0.1) is 5.92 Å². The molecule has 5 atom stereocenters. The first-order valence-electron chi connectivity index (χ1n) is 24.1. The number of hydrogen-bond donors (Lipinski definition) is 6. The molecule has 5 rings (SSSR count). The van der Waals surface area contributed by atoms with Crippen LogP contribution in [-0.4, -0.2) is 211 Å². The van der Waals surface area contributed by atoms with E-state index in [4.69, 9.17) is 10.5 Å². The van der Waals surface area contributed by atoms with Crippen LogP contribution in [0.25, 0.3) is 0 Å². The van der Waals surface area contributed by atoms with Crippen molar-refractivity contribution in [2.45, 2.75) is 108 Å². The Morgan fingerprint density at radius 1 is 0.690 bits per heavy atom. The lowest BCUT2D eigenvalue weighted by Gasteiger charge is -2.37. The molecule has 1 aromatic carbocycles. The van der Waals surface area contributed by atoms with E-state index in [1.807, 2.05) is 0 Å². The third-order valence-corrected chi connectivity index (χ3v) is 13.6. The van der Waals surface area contributed by atoms with E-state index in [-0.39, 0.29) is 51.9 Å². The van der Waals surface area contributed by atoms with E-state index in [0.29, 0.717) is 31.2 Å². The highest BCUT2D eigenvalue weighted by Crippen LogP contribution is 2.41. The predicted molar refractivity (Wildman–Crippen MR) is 254 cm³/mol. The molecule has 0 bridgehead atoms. The number of benzene rings is 1. The average Bonchev–Trinajstić information content (AvgIpc) is 4.18. The lowest BCUT2D eigenvalue weighted by molar-refractivity contribution is -0.146. The van der Waals surface area contributed by atoms with E-state index in [9.17, 15) is 52.7 Å². The highest BCUT2D eigenvalue weighted by molar-refractivity contribution is 5.98. The lowest BCUT2D eigenvalue weighted by atomic mass is 9.99. The van der Waals surface area contributed by atoms with E-state index in [2.05, 4.69) is 26.6 Å². The van der Waals surface area contributed by atoms with Gasteiger partial charge in [0, 0.05) is 54.4 Å². The Balaban J connectivity index is 1.37. The van der Waals surface area contributed by atoms with Crippen molar-refractivity contribution in [3.63, 3.8) is 0 Å². The van der Waals surface area contributed by atoms with Crippen LogP contribution in [0.3, 0.4) is 0 Å². The zero-order valence-electron chi connectivity index (χ0n) is 41.5. The Bertz CT molecular complexity index is 2170. The van der Waals surface area contributed by atoms with Crippen molar-refractivity contribution >= 4 is 65.2 Å². The summed E-state index contributed by atoms with van der Waals surface area (Å²) in [4.78, 5) is 157. The molecule has 1 aromatic rings. The van der Waals surface area contributed by atoms with E-state index in [1.165, 1.54) is 47.8 Å². The van der Waals surface area contributed by atoms with Gasteiger partial charge in [-0.2, -0.15) is 0 Å². The fraction of sp³-hybridized carbons (Fsp3) is 0.638. The molecule has 1 saturated carbocycles. The monoisotopic (exact) mass is 995 g/mol. The van der Waals surface area contributed by atoms with Gasteiger partial charge in [-0.15, -0.1) is 0 Å². The number of rotatable bonds is 4. The van der Waals surface area contributed by atoms with Gasteiger partial charge in [0.05, 0.1) is 26.2 Å². The smallest absolute Gasteiger partial charge is 0.408 e. The summed E-state index contributed by atoms with van der Waals surface area (Å²) in [7, 11) is 5.51. The summed E-state index contributed by atoms with van der Waals surface area (Å²) in [6.07, 6.45) is 2.24. The first kappa shape index (κ1) is 55.1. The van der Waals surface area contributed by atoms with Gasteiger partial charge < -0.3 is 66.5 Å². The molecule has 7 N–H and O–H groups in total. The van der Waals surface area contributed by atoms with E-state index in [1.54, 1.807) is 44.2 Å². The summed E-state index contributed by atoms with van der Waals surface area (Å²) in [5.74, 6) is -6.80. The summed E-state index contributed by atoms with van der Waals surface area (Å²) in [6.45, 7) is 0.776. The van der Waals surface area contributed by atoms with Crippen LogP contribution in [0.15, 0.2) is 30.3 Å². The number of likely N-dealkylation sites (N-methyl/N-ethyl adjacent to an activating group) is 4. The van der Waals surface area contributed by atoms with Gasteiger partial charge in [0.25, 0.3) is 0 Å². The molecule has 4 fully saturated rings. The van der Waals surface area contributed by atoms with Crippen LogP contribution in [0.4, 0.5) is 4.79 Å². The summed E-state index contributed by atoms with van der Waals surface area (Å²) in [5, 5.41) is 13.0. The minimum atomic E-state index is -1.46. The van der Waals surface area contributed by atoms with Crippen molar-refractivity contribution in [3.05, 3.63) is 35.9 Å². The summed E-state index contributed by atoms with van der Waals surface area (Å²) in [6, 6.07) is 2.95. The molecule has 24 nitrogen and oxygen atoms in total. The average molecular weight is 995 g/mol. The van der Waals surface area contributed by atoms with Crippen molar-refractivity contribution in [2.75, 3.05) is 80.5 Å². The van der Waals surface area contributed by atoms with Crippen molar-refractivity contribution in [1.82, 2.24) is 56.0 Å². The molecular weight excluding hydrogens is 925 g/mol. The molecule has 0 radical (unpaired) electrons. The number of amides is 11. The number of hydrogen-bond acceptors (Lipinski definition) is 13. The molecule has 3 aliphatic heterocycles. The van der Waals surface area contributed by atoms with Gasteiger partial charge in [-0.25, -0.2) is 4.79 Å². The zero-order chi connectivity index (χ0) is 52.2. The number of nitrogens with one attached hydrogen (secondary N) is 5. The van der Waals surface area contributed by atoms with Crippen molar-refractivity contribution in [1.29, 1.82) is 0 Å². The second-order valence-electron chi connectivity index (χ2n) is 19.0. The van der Waals surface area contributed by atoms with Gasteiger partial charge in [-0.1, -0.05) is 44.2 Å². The third kappa shape index (κ3) is 14.2. The number of fused-ring (bicyclic) bond motifs is 2. The fourth-order valence-corrected chi connectivity index (χ4v) is 9.00. The molecule has 4 aliphatic rings. The molecule has 11 amide bonds. The predicted octanol–water partition coefficient (Wildman–Crippen LogP) is -2.76. The number of nitrogens with two attached hydrogens (primary N) is 1. The number of ether oxygens (including phenoxy) is 1. The Kier molecular flexibility index (Phi) is 19.2. The van der Waals surface area contributed by atoms with E-state index >= 15 is 0 Å². The van der Waals surface area contributed by atoms with Crippen LogP contribution >= 0.6 is 0 Å². The lowest BCUT2D eigenvalue weighted by Crippen LogP contribution is -2.61. The molecule has 0 unspecified atom stereocenters. The minimum absolute atomic E-state index is 0.0970. The van der Waals surface area contributed by atoms with Gasteiger partial charge in [0.15, 0.2) is 0 Å². The van der Waals surface area contributed by atoms with Gasteiger partial charge in [0.2, 0.25) is 59.1 Å². The molecule has 1 spiro atoms. The summed E-state index contributed by atoms with van der Waals surface area (Å²) in [5.41, 5.74) is 5.60. The SMILES string of the molecule is CC(C)[C@H]1C(=O)NC[C@@H](N)C(=O)N2CCCC[C@H]2C(=O)NCC(=O)N(C)CC(=O)N(C)C2(CC2)C(=O)NC[C@@H](NC(=O)OCc2ccccc2)C(=O)N2CCCC[C@H]2C(=O)NCC(=O)N(C)CC(=O)N1C. The summed E-state index contributed by atoms with van der Waals surface area (Å²) < 4.78 is 5.41. The Morgan fingerprint density at radius 3 is 1.76 bits per heavy atom. The van der Waals surface area contributed by atoms with Crippen LogP contribution < -0.4 is 32.3 Å². The second-order valence-corrected chi connectivity index (χ2v) is 19.0. The maximum Gasteiger partial charge on any atom is 0.408 e. The Hall–Kier alpha value is -6.85. The molecular formula is C47H70N12O12. The van der Waals surface area contributed by atoms with Crippen LogP contribution in [0.5, 0.6) is 0 Å². The second kappa shape index (κ2) is 24.8. The number of alkyl carbamates (subject to hydrolysis) is 1. The minimum Gasteiger partial charge on any atom is -0.445 e. The molecule has 24 heteroatoms. The molecule has 3 heterocycles. The van der Waals surface area contributed by atoms with Crippen LogP contribution in [0.2, 0.25) is 0 Å². The number of carbonyl (C=O) groups is 11. The number of carbonyl (C=O) groups excluding carboxylic acids is 11. The normalized spacial score (nSPS) is 25.8. The first-order valence-corrected chi connectivity index (χ1v) is 24.1. The molecule has 3 saturated heterocycles. The summed E-state index contributed by atoms with van der Waals surface area (Å²) >= 11 is 0. The Morgan fingerprint density at radius 2 is 1.23 bits per heavy atom. The molecule has 390 valence electrons. The van der Waals surface area contributed by atoms with Gasteiger partial charge in [0.1, 0.15) is 42.4 Å².